The van der Waals surface area contributed by atoms with E-state index in [-0.39, 0.29) is 6.61 Å². The minimum Gasteiger partial charge on any atom is -0.395 e. The van der Waals surface area contributed by atoms with Crippen LogP contribution in [0.4, 0.5) is 0 Å². The monoisotopic (exact) mass is 203 g/mol. The number of aromatic nitrogens is 1. The minimum atomic E-state index is 0.191. The van der Waals surface area contributed by atoms with Gasteiger partial charge in [-0.05, 0) is 38.0 Å². The molecule has 0 amide bonds. The van der Waals surface area contributed by atoms with E-state index in [0.717, 1.165) is 0 Å². The molecule has 0 aliphatic heterocycles. The van der Waals surface area contributed by atoms with Crippen LogP contribution in [0.3, 0.4) is 0 Å². The normalized spacial score (nSPS) is 11.2. The molecule has 1 N–H and O–H groups in total. The fourth-order valence-electron chi connectivity index (χ4n) is 2.29. The van der Waals surface area contributed by atoms with Gasteiger partial charge in [-0.1, -0.05) is 11.6 Å². The van der Waals surface area contributed by atoms with Gasteiger partial charge < -0.3 is 9.67 Å². The van der Waals surface area contributed by atoms with E-state index in [9.17, 15) is 0 Å². The Balaban J connectivity index is 2.75. The average molecular weight is 203 g/mol. The number of aryl methyl sites for hydroxylation is 3. The summed E-state index contributed by atoms with van der Waals surface area (Å²) >= 11 is 0. The second-order valence-corrected chi connectivity index (χ2v) is 4.21. The molecule has 2 rings (SSSR count). The van der Waals surface area contributed by atoms with E-state index < -0.39 is 0 Å². The second kappa shape index (κ2) is 3.70. The Hall–Kier alpha value is -1.28. The van der Waals surface area contributed by atoms with Gasteiger partial charge in [0.15, 0.2) is 0 Å². The molecule has 0 aliphatic carbocycles. The highest BCUT2D eigenvalue weighted by molar-refractivity contribution is 5.87. The Morgan fingerprint density at radius 3 is 2.53 bits per heavy atom. The smallest absolute Gasteiger partial charge is 0.0610 e. The predicted octanol–water partition coefficient (Wildman–Crippen LogP) is 2.56. The molecule has 0 atom stereocenters. The van der Waals surface area contributed by atoms with Crippen LogP contribution in [0.15, 0.2) is 18.3 Å². The summed E-state index contributed by atoms with van der Waals surface area (Å²) < 4.78 is 2.14. The molecule has 0 saturated carbocycles. The van der Waals surface area contributed by atoms with Crippen LogP contribution in [-0.4, -0.2) is 16.3 Å². The number of benzene rings is 1. The Morgan fingerprint density at radius 2 is 1.87 bits per heavy atom. The summed E-state index contributed by atoms with van der Waals surface area (Å²) in [7, 11) is 0. The molecule has 2 aromatic rings. The Morgan fingerprint density at radius 1 is 1.13 bits per heavy atom. The average Bonchev–Trinajstić information content (AvgIpc) is 2.44. The first-order valence-electron chi connectivity index (χ1n) is 5.31. The molecule has 0 bridgehead atoms. The first-order valence-corrected chi connectivity index (χ1v) is 5.31. The molecule has 0 saturated heterocycles. The van der Waals surface area contributed by atoms with E-state index in [2.05, 4.69) is 43.7 Å². The van der Waals surface area contributed by atoms with Gasteiger partial charge in [0.25, 0.3) is 0 Å². The molecule has 1 aromatic carbocycles. The van der Waals surface area contributed by atoms with Crippen molar-refractivity contribution >= 4 is 10.9 Å². The molecule has 2 nitrogen and oxygen atoms in total. The Labute approximate surface area is 90.2 Å². The van der Waals surface area contributed by atoms with Crippen LogP contribution in [0, 0.1) is 20.8 Å². The van der Waals surface area contributed by atoms with Crippen molar-refractivity contribution < 1.29 is 5.11 Å². The first-order chi connectivity index (χ1) is 7.13. The van der Waals surface area contributed by atoms with Crippen LogP contribution in [0.1, 0.15) is 16.7 Å². The lowest BCUT2D eigenvalue weighted by molar-refractivity contribution is 0.278. The lowest BCUT2D eigenvalue weighted by atomic mass is 10.1. The lowest BCUT2D eigenvalue weighted by Crippen LogP contribution is -2.01. The molecule has 0 radical (unpaired) electrons. The van der Waals surface area contributed by atoms with Crippen molar-refractivity contribution in [1.82, 2.24) is 4.57 Å². The van der Waals surface area contributed by atoms with Gasteiger partial charge in [-0.2, -0.15) is 0 Å². The summed E-state index contributed by atoms with van der Waals surface area (Å²) in [5, 5.41) is 10.3. The van der Waals surface area contributed by atoms with Crippen molar-refractivity contribution in [2.24, 2.45) is 0 Å². The largest absolute Gasteiger partial charge is 0.395 e. The summed E-state index contributed by atoms with van der Waals surface area (Å²) in [6, 6.07) is 4.40. The standard InChI is InChI=1S/C13H17NO/c1-9-6-10(2)13-12(7-9)11(3)8-14(13)4-5-15/h6-8,15H,4-5H2,1-3H3. The third kappa shape index (κ3) is 1.65. The lowest BCUT2D eigenvalue weighted by Gasteiger charge is -2.06. The number of hydrogen-bond donors (Lipinski definition) is 1. The molecular weight excluding hydrogens is 186 g/mol. The Kier molecular flexibility index (Phi) is 2.53. The molecule has 80 valence electrons. The van der Waals surface area contributed by atoms with E-state index in [1.165, 1.54) is 27.6 Å². The number of hydrogen-bond acceptors (Lipinski definition) is 1. The highest BCUT2D eigenvalue weighted by Crippen LogP contribution is 2.25. The van der Waals surface area contributed by atoms with Gasteiger partial charge in [-0.15, -0.1) is 0 Å². The number of nitrogens with zero attached hydrogens (tertiary/aromatic N) is 1. The van der Waals surface area contributed by atoms with Gasteiger partial charge >= 0.3 is 0 Å². The highest BCUT2D eigenvalue weighted by atomic mass is 16.3. The summed E-state index contributed by atoms with van der Waals surface area (Å²) in [6.07, 6.45) is 2.12. The number of fused-ring (bicyclic) bond motifs is 1. The van der Waals surface area contributed by atoms with Gasteiger partial charge in [-0.25, -0.2) is 0 Å². The fraction of sp³-hybridized carbons (Fsp3) is 0.385. The zero-order valence-electron chi connectivity index (χ0n) is 9.54. The Bertz CT molecular complexity index is 497. The van der Waals surface area contributed by atoms with E-state index >= 15 is 0 Å². The number of rotatable bonds is 2. The molecular formula is C13H17NO. The van der Waals surface area contributed by atoms with Crippen molar-refractivity contribution in [3.8, 4) is 0 Å². The maximum Gasteiger partial charge on any atom is 0.0610 e. The summed E-state index contributed by atoms with van der Waals surface area (Å²) in [6.45, 7) is 7.23. The van der Waals surface area contributed by atoms with Crippen molar-refractivity contribution in [3.63, 3.8) is 0 Å². The number of aliphatic hydroxyl groups is 1. The molecule has 15 heavy (non-hydrogen) atoms. The molecule has 0 aliphatic rings. The highest BCUT2D eigenvalue weighted by Gasteiger charge is 2.07. The zero-order chi connectivity index (χ0) is 11.0. The summed E-state index contributed by atoms with van der Waals surface area (Å²) in [5.74, 6) is 0. The third-order valence-electron chi connectivity index (χ3n) is 2.85. The van der Waals surface area contributed by atoms with Crippen LogP contribution >= 0.6 is 0 Å². The maximum absolute atomic E-state index is 9.01. The fourth-order valence-corrected chi connectivity index (χ4v) is 2.29. The van der Waals surface area contributed by atoms with Crippen LogP contribution in [-0.2, 0) is 6.54 Å². The van der Waals surface area contributed by atoms with Crippen molar-refractivity contribution in [2.45, 2.75) is 27.3 Å². The minimum absolute atomic E-state index is 0.191. The molecule has 1 heterocycles. The van der Waals surface area contributed by atoms with Gasteiger partial charge in [-0.3, -0.25) is 0 Å². The summed E-state index contributed by atoms with van der Waals surface area (Å²) in [5.41, 5.74) is 5.12. The SMILES string of the molecule is Cc1cc(C)c2c(c1)c(C)cn2CCO. The van der Waals surface area contributed by atoms with E-state index in [1.54, 1.807) is 0 Å². The second-order valence-electron chi connectivity index (χ2n) is 4.21. The van der Waals surface area contributed by atoms with Crippen LogP contribution in [0.25, 0.3) is 10.9 Å². The van der Waals surface area contributed by atoms with Gasteiger partial charge in [0.2, 0.25) is 0 Å². The quantitative estimate of drug-likeness (QED) is 0.797. The van der Waals surface area contributed by atoms with Crippen LogP contribution in [0.2, 0.25) is 0 Å². The number of aliphatic hydroxyl groups excluding tert-OH is 1. The first kappa shape index (κ1) is 10.2. The molecule has 0 fully saturated rings. The summed E-state index contributed by atoms with van der Waals surface area (Å²) in [4.78, 5) is 0. The van der Waals surface area contributed by atoms with Crippen molar-refractivity contribution in [2.75, 3.05) is 6.61 Å². The van der Waals surface area contributed by atoms with E-state index in [4.69, 9.17) is 5.11 Å². The van der Waals surface area contributed by atoms with E-state index in [0.29, 0.717) is 6.54 Å². The van der Waals surface area contributed by atoms with Crippen molar-refractivity contribution in [3.05, 3.63) is 35.0 Å². The zero-order valence-corrected chi connectivity index (χ0v) is 9.54. The topological polar surface area (TPSA) is 25.2 Å². The van der Waals surface area contributed by atoms with Gasteiger partial charge in [0.05, 0.1) is 12.1 Å². The van der Waals surface area contributed by atoms with E-state index in [1.807, 2.05) is 0 Å². The van der Waals surface area contributed by atoms with Gasteiger partial charge in [0, 0.05) is 18.1 Å². The van der Waals surface area contributed by atoms with Crippen molar-refractivity contribution in [1.29, 1.82) is 0 Å². The maximum atomic E-state index is 9.01. The third-order valence-corrected chi connectivity index (χ3v) is 2.85. The molecule has 0 unspecified atom stereocenters. The molecule has 2 heteroatoms. The predicted molar refractivity (Wildman–Crippen MR) is 63.2 cm³/mol. The van der Waals surface area contributed by atoms with Crippen LogP contribution in [0.5, 0.6) is 0 Å². The molecule has 0 spiro atoms. The van der Waals surface area contributed by atoms with Gasteiger partial charge in [0.1, 0.15) is 0 Å². The van der Waals surface area contributed by atoms with Crippen LogP contribution < -0.4 is 0 Å². The molecule has 1 aromatic heterocycles.